The van der Waals surface area contributed by atoms with E-state index in [1.807, 2.05) is 0 Å². The lowest BCUT2D eigenvalue weighted by Crippen LogP contribution is -2.53. The van der Waals surface area contributed by atoms with Gasteiger partial charge in [0.2, 0.25) is 0 Å². The first-order valence-corrected chi connectivity index (χ1v) is 7.34. The number of likely N-dealkylation sites (N-methyl/N-ethyl adjacent to an activating group) is 1. The highest BCUT2D eigenvalue weighted by Gasteiger charge is 2.33. The molecule has 2 fully saturated rings. The number of ether oxygens (including phenoxy) is 1. The third-order valence-electron chi connectivity index (χ3n) is 4.60. The molecule has 0 spiro atoms. The molecule has 1 saturated carbocycles. The molecular formula is C14H28N2O. The molecule has 0 bridgehead atoms. The van der Waals surface area contributed by atoms with Gasteiger partial charge in [-0.2, -0.15) is 0 Å². The van der Waals surface area contributed by atoms with Crippen molar-refractivity contribution < 1.29 is 4.74 Å². The van der Waals surface area contributed by atoms with Gasteiger partial charge in [-0.25, -0.2) is 0 Å². The molecule has 3 nitrogen and oxygen atoms in total. The summed E-state index contributed by atoms with van der Waals surface area (Å²) in [6.45, 7) is 6.56. The van der Waals surface area contributed by atoms with Gasteiger partial charge in [0.25, 0.3) is 0 Å². The van der Waals surface area contributed by atoms with Crippen LogP contribution in [0.1, 0.15) is 39.0 Å². The molecule has 0 radical (unpaired) electrons. The number of hydrogen-bond acceptors (Lipinski definition) is 3. The highest BCUT2D eigenvalue weighted by molar-refractivity contribution is 4.90. The standard InChI is InChI=1S/C14H28N2O/c1-3-12-5-6-13(15-2)14(11-12)16-7-4-9-17-10-8-16/h12-15H,3-11H2,1-2H3. The van der Waals surface area contributed by atoms with Crippen LogP contribution in [0.5, 0.6) is 0 Å². The van der Waals surface area contributed by atoms with Gasteiger partial charge in [-0.3, -0.25) is 4.90 Å². The van der Waals surface area contributed by atoms with Crippen LogP contribution in [-0.4, -0.2) is 50.3 Å². The molecule has 1 saturated heterocycles. The van der Waals surface area contributed by atoms with Crippen LogP contribution in [0, 0.1) is 5.92 Å². The topological polar surface area (TPSA) is 24.5 Å². The van der Waals surface area contributed by atoms with Crippen molar-refractivity contribution in [1.29, 1.82) is 0 Å². The van der Waals surface area contributed by atoms with Gasteiger partial charge >= 0.3 is 0 Å². The molecule has 1 aliphatic carbocycles. The van der Waals surface area contributed by atoms with E-state index in [0.717, 1.165) is 31.7 Å². The Morgan fingerprint density at radius 2 is 2.12 bits per heavy atom. The average molecular weight is 240 g/mol. The molecule has 0 aromatic rings. The maximum Gasteiger partial charge on any atom is 0.0593 e. The lowest BCUT2D eigenvalue weighted by Gasteiger charge is -2.42. The van der Waals surface area contributed by atoms with Crippen molar-refractivity contribution in [1.82, 2.24) is 10.2 Å². The van der Waals surface area contributed by atoms with Gasteiger partial charge in [0.05, 0.1) is 6.61 Å². The lowest BCUT2D eigenvalue weighted by molar-refractivity contribution is 0.0882. The molecule has 100 valence electrons. The van der Waals surface area contributed by atoms with Crippen molar-refractivity contribution in [3.63, 3.8) is 0 Å². The van der Waals surface area contributed by atoms with E-state index in [1.165, 1.54) is 38.6 Å². The summed E-state index contributed by atoms with van der Waals surface area (Å²) in [4.78, 5) is 2.68. The van der Waals surface area contributed by atoms with Crippen molar-refractivity contribution in [2.75, 3.05) is 33.4 Å². The minimum Gasteiger partial charge on any atom is -0.380 e. The Balaban J connectivity index is 1.97. The predicted molar refractivity (Wildman–Crippen MR) is 71.3 cm³/mol. The highest BCUT2D eigenvalue weighted by atomic mass is 16.5. The average Bonchev–Trinajstić information content (AvgIpc) is 2.66. The van der Waals surface area contributed by atoms with Crippen LogP contribution in [0.15, 0.2) is 0 Å². The Labute approximate surface area is 106 Å². The Kier molecular flexibility index (Phi) is 5.26. The van der Waals surface area contributed by atoms with Crippen LogP contribution >= 0.6 is 0 Å². The van der Waals surface area contributed by atoms with Crippen LogP contribution < -0.4 is 5.32 Å². The summed E-state index contributed by atoms with van der Waals surface area (Å²) in [5.41, 5.74) is 0. The third kappa shape index (κ3) is 3.43. The van der Waals surface area contributed by atoms with Crippen molar-refractivity contribution in [2.45, 2.75) is 51.1 Å². The van der Waals surface area contributed by atoms with Crippen LogP contribution in [-0.2, 0) is 4.74 Å². The molecule has 2 rings (SSSR count). The maximum atomic E-state index is 5.58. The molecule has 3 unspecified atom stereocenters. The molecule has 17 heavy (non-hydrogen) atoms. The van der Waals surface area contributed by atoms with Crippen LogP contribution in [0.25, 0.3) is 0 Å². The highest BCUT2D eigenvalue weighted by Crippen LogP contribution is 2.30. The SMILES string of the molecule is CCC1CCC(NC)C(N2CCCOCC2)C1. The van der Waals surface area contributed by atoms with Gasteiger partial charge in [-0.1, -0.05) is 13.3 Å². The first-order valence-electron chi connectivity index (χ1n) is 7.34. The Morgan fingerprint density at radius 1 is 1.24 bits per heavy atom. The molecule has 1 heterocycles. The van der Waals surface area contributed by atoms with E-state index in [0.29, 0.717) is 6.04 Å². The smallest absolute Gasteiger partial charge is 0.0593 e. The molecular weight excluding hydrogens is 212 g/mol. The molecule has 0 aromatic carbocycles. The van der Waals surface area contributed by atoms with Crippen LogP contribution in [0.4, 0.5) is 0 Å². The first kappa shape index (κ1) is 13.3. The summed E-state index contributed by atoms with van der Waals surface area (Å²) < 4.78 is 5.58. The second kappa shape index (κ2) is 6.72. The van der Waals surface area contributed by atoms with Crippen molar-refractivity contribution in [3.05, 3.63) is 0 Å². The largest absolute Gasteiger partial charge is 0.380 e. The predicted octanol–water partition coefficient (Wildman–Crippen LogP) is 1.88. The zero-order valence-corrected chi connectivity index (χ0v) is 11.5. The second-order valence-electron chi connectivity index (χ2n) is 5.55. The molecule has 3 atom stereocenters. The van der Waals surface area contributed by atoms with E-state index in [-0.39, 0.29) is 0 Å². The van der Waals surface area contributed by atoms with Gasteiger partial charge in [-0.05, 0) is 38.6 Å². The van der Waals surface area contributed by atoms with Crippen molar-refractivity contribution in [2.24, 2.45) is 5.92 Å². The molecule has 0 amide bonds. The van der Waals surface area contributed by atoms with Gasteiger partial charge in [0.1, 0.15) is 0 Å². The van der Waals surface area contributed by atoms with Crippen molar-refractivity contribution in [3.8, 4) is 0 Å². The minimum absolute atomic E-state index is 0.691. The van der Waals surface area contributed by atoms with Crippen molar-refractivity contribution >= 4 is 0 Å². The zero-order chi connectivity index (χ0) is 12.1. The molecule has 3 heteroatoms. The summed E-state index contributed by atoms with van der Waals surface area (Å²) in [5, 5.41) is 3.53. The molecule has 2 aliphatic rings. The summed E-state index contributed by atoms with van der Waals surface area (Å²) in [6.07, 6.45) is 6.67. The summed E-state index contributed by atoms with van der Waals surface area (Å²) in [6, 6.07) is 1.43. The Bertz CT molecular complexity index is 214. The molecule has 0 aromatic heterocycles. The normalized spacial score (nSPS) is 36.7. The van der Waals surface area contributed by atoms with Gasteiger partial charge in [0.15, 0.2) is 0 Å². The fourth-order valence-electron chi connectivity index (χ4n) is 3.44. The van der Waals surface area contributed by atoms with Gasteiger partial charge in [-0.15, -0.1) is 0 Å². The number of nitrogens with one attached hydrogen (secondary N) is 1. The number of hydrogen-bond donors (Lipinski definition) is 1. The fourth-order valence-corrected chi connectivity index (χ4v) is 3.44. The maximum absolute atomic E-state index is 5.58. The van der Waals surface area contributed by atoms with Crippen LogP contribution in [0.3, 0.4) is 0 Å². The van der Waals surface area contributed by atoms with E-state index >= 15 is 0 Å². The van der Waals surface area contributed by atoms with Gasteiger partial charge < -0.3 is 10.1 Å². The molecule has 1 N–H and O–H groups in total. The summed E-state index contributed by atoms with van der Waals surface area (Å²) in [5.74, 6) is 0.939. The van der Waals surface area contributed by atoms with E-state index in [2.05, 4.69) is 24.2 Å². The van der Waals surface area contributed by atoms with E-state index < -0.39 is 0 Å². The summed E-state index contributed by atoms with van der Waals surface area (Å²) >= 11 is 0. The summed E-state index contributed by atoms with van der Waals surface area (Å²) in [7, 11) is 2.12. The third-order valence-corrected chi connectivity index (χ3v) is 4.60. The monoisotopic (exact) mass is 240 g/mol. The number of nitrogens with zero attached hydrogens (tertiary/aromatic N) is 1. The number of rotatable bonds is 3. The fraction of sp³-hybridized carbons (Fsp3) is 1.00. The Hall–Kier alpha value is -0.120. The minimum atomic E-state index is 0.691. The quantitative estimate of drug-likeness (QED) is 0.815. The van der Waals surface area contributed by atoms with E-state index in [4.69, 9.17) is 4.74 Å². The van der Waals surface area contributed by atoms with Crippen LogP contribution in [0.2, 0.25) is 0 Å². The molecule has 1 aliphatic heterocycles. The Morgan fingerprint density at radius 3 is 2.88 bits per heavy atom. The zero-order valence-electron chi connectivity index (χ0n) is 11.5. The van der Waals surface area contributed by atoms with Gasteiger partial charge in [0, 0.05) is 31.8 Å². The van der Waals surface area contributed by atoms with E-state index in [1.54, 1.807) is 0 Å². The first-order chi connectivity index (χ1) is 8.35. The lowest BCUT2D eigenvalue weighted by atomic mass is 9.80. The van der Waals surface area contributed by atoms with E-state index in [9.17, 15) is 0 Å². The second-order valence-corrected chi connectivity index (χ2v) is 5.55.